The molecular weight excluding hydrogens is 276 g/mol. The summed E-state index contributed by atoms with van der Waals surface area (Å²) in [6.45, 7) is 5.49. The van der Waals surface area contributed by atoms with Crippen molar-refractivity contribution in [2.45, 2.75) is 32.1 Å². The van der Waals surface area contributed by atoms with Gasteiger partial charge >= 0.3 is 5.97 Å². The van der Waals surface area contributed by atoms with Crippen molar-refractivity contribution in [2.75, 3.05) is 11.5 Å². The first-order chi connectivity index (χ1) is 9.19. The number of nitrogen functional groups attached to an aromatic ring is 1. The third kappa shape index (κ3) is 5.52. The lowest BCUT2D eigenvalue weighted by Crippen LogP contribution is -2.24. The van der Waals surface area contributed by atoms with Crippen LogP contribution >= 0.6 is 11.8 Å². The number of hydrogen-bond donors (Lipinski definition) is 2. The van der Waals surface area contributed by atoms with Gasteiger partial charge in [-0.25, -0.2) is 0 Å². The number of rotatable bonds is 5. The molecule has 0 aromatic heterocycles. The Bertz CT molecular complexity index is 510. The number of carbonyl (C=O) groups is 2. The molecule has 0 aliphatic rings. The summed E-state index contributed by atoms with van der Waals surface area (Å²) in [7, 11) is 0. The van der Waals surface area contributed by atoms with E-state index in [0.29, 0.717) is 17.0 Å². The largest absolute Gasteiger partial charge is 0.459 e. The Hall–Kier alpha value is -1.69. The highest BCUT2D eigenvalue weighted by Gasteiger charge is 2.16. The number of primary amides is 1. The zero-order chi connectivity index (χ0) is 15.3. The zero-order valence-corrected chi connectivity index (χ0v) is 12.8. The summed E-state index contributed by atoms with van der Waals surface area (Å²) in [5, 5.41) is 0. The quantitative estimate of drug-likeness (QED) is 0.639. The van der Waals surface area contributed by atoms with Gasteiger partial charge in [0.25, 0.3) is 0 Å². The third-order valence-electron chi connectivity index (χ3n) is 2.33. The lowest BCUT2D eigenvalue weighted by molar-refractivity contribution is -0.151. The Labute approximate surface area is 123 Å². The first kappa shape index (κ1) is 16.4. The van der Waals surface area contributed by atoms with Crippen LogP contribution in [0.25, 0.3) is 0 Å². The molecule has 4 N–H and O–H groups in total. The summed E-state index contributed by atoms with van der Waals surface area (Å²) in [6, 6.07) is 4.92. The first-order valence-electron chi connectivity index (χ1n) is 6.17. The Morgan fingerprint density at radius 3 is 2.45 bits per heavy atom. The maximum atomic E-state index is 11.5. The van der Waals surface area contributed by atoms with Crippen molar-refractivity contribution in [1.82, 2.24) is 0 Å². The predicted octanol–water partition coefficient (Wildman–Crippen LogP) is 1.94. The molecule has 1 aromatic rings. The molecule has 0 radical (unpaired) electrons. The van der Waals surface area contributed by atoms with Gasteiger partial charge in [0.2, 0.25) is 5.91 Å². The number of esters is 1. The van der Waals surface area contributed by atoms with E-state index in [-0.39, 0.29) is 11.7 Å². The average molecular weight is 296 g/mol. The molecule has 0 heterocycles. The van der Waals surface area contributed by atoms with E-state index in [0.717, 1.165) is 5.56 Å². The van der Waals surface area contributed by atoms with Crippen molar-refractivity contribution in [3.8, 4) is 0 Å². The fourth-order valence-electron chi connectivity index (χ4n) is 1.49. The first-order valence-corrected chi connectivity index (χ1v) is 7.32. The molecule has 6 heteroatoms. The summed E-state index contributed by atoms with van der Waals surface area (Å²) in [6.07, 6.45) is 0. The molecule has 0 saturated carbocycles. The van der Waals surface area contributed by atoms with Crippen molar-refractivity contribution in [3.05, 3.63) is 29.3 Å². The van der Waals surface area contributed by atoms with Gasteiger partial charge in [-0.1, -0.05) is 6.07 Å². The van der Waals surface area contributed by atoms with Crippen molar-refractivity contribution in [3.63, 3.8) is 0 Å². The molecule has 110 valence electrons. The summed E-state index contributed by atoms with van der Waals surface area (Å²) < 4.78 is 5.20. The Kier molecular flexibility index (Phi) is 5.44. The van der Waals surface area contributed by atoms with E-state index in [4.69, 9.17) is 16.2 Å². The van der Waals surface area contributed by atoms with E-state index in [1.165, 1.54) is 11.8 Å². The van der Waals surface area contributed by atoms with Crippen LogP contribution in [0.5, 0.6) is 0 Å². The van der Waals surface area contributed by atoms with Crippen molar-refractivity contribution in [1.29, 1.82) is 0 Å². The fraction of sp³-hybridized carbons (Fsp3) is 0.429. The van der Waals surface area contributed by atoms with Gasteiger partial charge in [0, 0.05) is 17.0 Å². The van der Waals surface area contributed by atoms with Gasteiger partial charge in [-0.05, 0) is 38.5 Å². The monoisotopic (exact) mass is 296 g/mol. The van der Waals surface area contributed by atoms with E-state index < -0.39 is 11.5 Å². The average Bonchev–Trinajstić information content (AvgIpc) is 2.28. The van der Waals surface area contributed by atoms with Crippen LogP contribution in [0.4, 0.5) is 5.69 Å². The molecule has 0 aliphatic carbocycles. The van der Waals surface area contributed by atoms with Gasteiger partial charge in [0.15, 0.2) is 0 Å². The number of ether oxygens (including phenoxy) is 1. The summed E-state index contributed by atoms with van der Waals surface area (Å²) >= 11 is 1.41. The van der Waals surface area contributed by atoms with Crippen LogP contribution in [0.1, 0.15) is 36.7 Å². The lowest BCUT2D eigenvalue weighted by Gasteiger charge is -2.19. The van der Waals surface area contributed by atoms with Gasteiger partial charge in [0.05, 0.1) is 5.75 Å². The molecule has 1 rings (SSSR count). The fourth-order valence-corrected chi connectivity index (χ4v) is 2.31. The van der Waals surface area contributed by atoms with Crippen molar-refractivity contribution in [2.24, 2.45) is 5.73 Å². The minimum Gasteiger partial charge on any atom is -0.459 e. The van der Waals surface area contributed by atoms with E-state index in [2.05, 4.69) is 0 Å². The Morgan fingerprint density at radius 1 is 1.30 bits per heavy atom. The minimum absolute atomic E-state index is 0.255. The van der Waals surface area contributed by atoms with E-state index in [1.807, 2.05) is 20.8 Å². The highest BCUT2D eigenvalue weighted by molar-refractivity contribution is 7.99. The number of amides is 1. The second-order valence-corrected chi connectivity index (χ2v) is 6.34. The molecule has 0 atom stereocenters. The highest BCUT2D eigenvalue weighted by Crippen LogP contribution is 2.20. The number of nitrogens with two attached hydrogens (primary N) is 2. The number of anilines is 1. The summed E-state index contributed by atoms with van der Waals surface area (Å²) in [5.41, 5.74) is 12.3. The zero-order valence-electron chi connectivity index (χ0n) is 11.9. The molecule has 20 heavy (non-hydrogen) atoms. The molecule has 1 aromatic carbocycles. The predicted molar refractivity (Wildman–Crippen MR) is 81.4 cm³/mol. The lowest BCUT2D eigenvalue weighted by atomic mass is 10.1. The Morgan fingerprint density at radius 2 is 1.95 bits per heavy atom. The van der Waals surface area contributed by atoms with Gasteiger partial charge in [-0.2, -0.15) is 0 Å². The second-order valence-electron chi connectivity index (χ2n) is 5.36. The second kappa shape index (κ2) is 6.65. The molecule has 0 bridgehead atoms. The number of benzene rings is 1. The van der Waals surface area contributed by atoms with Crippen molar-refractivity contribution < 1.29 is 14.3 Å². The SMILES string of the molecule is CC(C)(C)OC(=O)CSCc1ccc(C(N)=O)cc1N. The molecule has 1 amide bonds. The molecule has 0 saturated heterocycles. The standard InChI is InChI=1S/C14H20N2O3S/c1-14(2,3)19-12(17)8-20-7-10-5-4-9(13(16)18)6-11(10)15/h4-6H,7-8,15H2,1-3H3,(H2,16,18). The normalized spacial score (nSPS) is 11.2. The van der Waals surface area contributed by atoms with Crippen molar-refractivity contribution >= 4 is 29.3 Å². The van der Waals surface area contributed by atoms with E-state index in [1.54, 1.807) is 18.2 Å². The smallest absolute Gasteiger partial charge is 0.316 e. The summed E-state index contributed by atoms with van der Waals surface area (Å²) in [4.78, 5) is 22.5. The number of thioether (sulfide) groups is 1. The molecule has 0 fully saturated rings. The van der Waals surface area contributed by atoms with Crippen LogP contribution in [0.15, 0.2) is 18.2 Å². The molecule has 0 spiro atoms. The van der Waals surface area contributed by atoms with E-state index >= 15 is 0 Å². The number of carbonyl (C=O) groups excluding carboxylic acids is 2. The minimum atomic E-state index is -0.510. The maximum Gasteiger partial charge on any atom is 0.316 e. The molecule has 5 nitrogen and oxygen atoms in total. The van der Waals surface area contributed by atoms with E-state index in [9.17, 15) is 9.59 Å². The Balaban J connectivity index is 2.51. The maximum absolute atomic E-state index is 11.5. The van der Waals surface area contributed by atoms with Crippen LogP contribution in [-0.4, -0.2) is 23.2 Å². The molecular formula is C14H20N2O3S. The van der Waals surface area contributed by atoms with Gasteiger partial charge in [-0.3, -0.25) is 9.59 Å². The molecule has 0 aliphatic heterocycles. The summed E-state index contributed by atoms with van der Waals surface area (Å²) in [5.74, 6) is 0.0674. The van der Waals surface area contributed by atoms with Crippen LogP contribution in [0, 0.1) is 0 Å². The number of hydrogen-bond acceptors (Lipinski definition) is 5. The van der Waals surface area contributed by atoms with Gasteiger partial charge in [0.1, 0.15) is 5.60 Å². The van der Waals surface area contributed by atoms with Gasteiger partial charge < -0.3 is 16.2 Å². The highest BCUT2D eigenvalue weighted by atomic mass is 32.2. The molecule has 0 unspecified atom stereocenters. The van der Waals surface area contributed by atoms with Crippen LogP contribution in [-0.2, 0) is 15.3 Å². The van der Waals surface area contributed by atoms with Crippen LogP contribution in [0.3, 0.4) is 0 Å². The topological polar surface area (TPSA) is 95.4 Å². The van der Waals surface area contributed by atoms with Crippen LogP contribution in [0.2, 0.25) is 0 Å². The van der Waals surface area contributed by atoms with Crippen LogP contribution < -0.4 is 11.5 Å². The van der Waals surface area contributed by atoms with Gasteiger partial charge in [-0.15, -0.1) is 11.8 Å². The third-order valence-corrected chi connectivity index (χ3v) is 3.28.